The zero-order chi connectivity index (χ0) is 10.7. The molecule has 0 bridgehead atoms. The van der Waals surface area contributed by atoms with Crippen LogP contribution in [0.4, 0.5) is 0 Å². The number of carbonyl (C=O) groups is 1. The predicted octanol–water partition coefficient (Wildman–Crippen LogP) is 2.40. The molecule has 14 heavy (non-hydrogen) atoms. The van der Waals surface area contributed by atoms with Gasteiger partial charge in [0.15, 0.2) is 0 Å². The molecular weight excluding hydrogens is 180 g/mol. The summed E-state index contributed by atoms with van der Waals surface area (Å²) in [6, 6.07) is 3.41. The van der Waals surface area contributed by atoms with E-state index in [4.69, 9.17) is 9.84 Å². The second-order valence-electron chi connectivity index (χ2n) is 3.17. The molecule has 0 saturated heterocycles. The molecule has 0 amide bonds. The highest BCUT2D eigenvalue weighted by molar-refractivity contribution is 5.90. The molecule has 1 aromatic rings. The Morgan fingerprint density at radius 1 is 1.36 bits per heavy atom. The minimum atomic E-state index is -0.913. The lowest BCUT2D eigenvalue weighted by atomic mass is 10.0. The van der Waals surface area contributed by atoms with Crippen LogP contribution in [0.25, 0.3) is 0 Å². The Kier molecular flexibility index (Phi) is 3.12. The van der Waals surface area contributed by atoms with Crippen molar-refractivity contribution in [2.45, 2.75) is 20.8 Å². The van der Waals surface area contributed by atoms with Crippen molar-refractivity contribution in [3.63, 3.8) is 0 Å². The molecule has 0 heterocycles. The SMILES string of the molecule is CCOc1cc(C(=O)O)c(C)cc1C. The smallest absolute Gasteiger partial charge is 0.336 e. The van der Waals surface area contributed by atoms with E-state index >= 15 is 0 Å². The van der Waals surface area contributed by atoms with E-state index in [1.165, 1.54) is 0 Å². The van der Waals surface area contributed by atoms with Gasteiger partial charge in [0.05, 0.1) is 12.2 Å². The number of hydrogen-bond donors (Lipinski definition) is 1. The Labute approximate surface area is 83.3 Å². The molecule has 0 aliphatic rings. The summed E-state index contributed by atoms with van der Waals surface area (Å²) in [5, 5.41) is 8.89. The van der Waals surface area contributed by atoms with Crippen molar-refractivity contribution < 1.29 is 14.6 Å². The summed E-state index contributed by atoms with van der Waals surface area (Å²) >= 11 is 0. The molecule has 0 fully saturated rings. The van der Waals surface area contributed by atoms with Crippen molar-refractivity contribution in [1.29, 1.82) is 0 Å². The van der Waals surface area contributed by atoms with Crippen LogP contribution in [0.2, 0.25) is 0 Å². The van der Waals surface area contributed by atoms with Crippen LogP contribution >= 0.6 is 0 Å². The average Bonchev–Trinajstić information content (AvgIpc) is 2.09. The molecule has 0 aromatic heterocycles. The number of aromatic carboxylic acids is 1. The molecule has 0 aliphatic heterocycles. The first-order chi connectivity index (χ1) is 6.56. The summed E-state index contributed by atoms with van der Waals surface area (Å²) in [6.07, 6.45) is 0. The van der Waals surface area contributed by atoms with Crippen LogP contribution in [0.5, 0.6) is 5.75 Å². The fourth-order valence-electron chi connectivity index (χ4n) is 1.37. The number of ether oxygens (including phenoxy) is 1. The molecule has 0 spiro atoms. The highest BCUT2D eigenvalue weighted by Crippen LogP contribution is 2.22. The summed E-state index contributed by atoms with van der Waals surface area (Å²) < 4.78 is 5.32. The molecule has 0 aliphatic carbocycles. The quantitative estimate of drug-likeness (QED) is 0.803. The van der Waals surface area contributed by atoms with Gasteiger partial charge in [0.1, 0.15) is 5.75 Å². The van der Waals surface area contributed by atoms with Crippen LogP contribution in [-0.2, 0) is 0 Å². The van der Waals surface area contributed by atoms with Gasteiger partial charge in [-0.25, -0.2) is 4.79 Å². The average molecular weight is 194 g/mol. The number of carboxylic acid groups (broad SMARTS) is 1. The van der Waals surface area contributed by atoms with Gasteiger partial charge >= 0.3 is 5.97 Å². The van der Waals surface area contributed by atoms with E-state index in [0.29, 0.717) is 17.9 Å². The maximum absolute atomic E-state index is 10.8. The normalized spacial score (nSPS) is 9.93. The van der Waals surface area contributed by atoms with Gasteiger partial charge in [-0.05, 0) is 38.0 Å². The fourth-order valence-corrected chi connectivity index (χ4v) is 1.37. The summed E-state index contributed by atoms with van der Waals surface area (Å²) in [4.78, 5) is 10.8. The highest BCUT2D eigenvalue weighted by atomic mass is 16.5. The van der Waals surface area contributed by atoms with Crippen LogP contribution in [0.15, 0.2) is 12.1 Å². The van der Waals surface area contributed by atoms with Gasteiger partial charge in [0.25, 0.3) is 0 Å². The molecule has 3 nitrogen and oxygen atoms in total. The molecule has 0 saturated carbocycles. The van der Waals surface area contributed by atoms with Gasteiger partial charge < -0.3 is 9.84 Å². The first-order valence-electron chi connectivity index (χ1n) is 4.53. The molecule has 1 aromatic carbocycles. The lowest BCUT2D eigenvalue weighted by Crippen LogP contribution is -2.02. The van der Waals surface area contributed by atoms with E-state index in [9.17, 15) is 4.79 Å². The van der Waals surface area contributed by atoms with Gasteiger partial charge in [-0.2, -0.15) is 0 Å². The lowest BCUT2D eigenvalue weighted by molar-refractivity contribution is 0.0695. The molecule has 0 unspecified atom stereocenters. The maximum Gasteiger partial charge on any atom is 0.336 e. The van der Waals surface area contributed by atoms with Crippen molar-refractivity contribution in [2.75, 3.05) is 6.61 Å². The van der Waals surface area contributed by atoms with Crippen LogP contribution in [0, 0.1) is 13.8 Å². The Morgan fingerprint density at radius 3 is 2.50 bits per heavy atom. The van der Waals surface area contributed by atoms with E-state index in [-0.39, 0.29) is 0 Å². The second kappa shape index (κ2) is 4.13. The van der Waals surface area contributed by atoms with Crippen LogP contribution < -0.4 is 4.74 Å². The molecule has 1 rings (SSSR count). The van der Waals surface area contributed by atoms with Crippen LogP contribution in [-0.4, -0.2) is 17.7 Å². The van der Waals surface area contributed by atoms with Crippen molar-refractivity contribution in [3.05, 3.63) is 28.8 Å². The standard InChI is InChI=1S/C11H14O3/c1-4-14-10-6-9(11(12)13)7(2)5-8(10)3/h5-6H,4H2,1-3H3,(H,12,13). The van der Waals surface area contributed by atoms with Crippen molar-refractivity contribution in [3.8, 4) is 5.75 Å². The predicted molar refractivity (Wildman–Crippen MR) is 54.0 cm³/mol. The van der Waals surface area contributed by atoms with Crippen molar-refractivity contribution in [2.24, 2.45) is 0 Å². The summed E-state index contributed by atoms with van der Waals surface area (Å²) in [5.41, 5.74) is 2.03. The van der Waals surface area contributed by atoms with Crippen molar-refractivity contribution in [1.82, 2.24) is 0 Å². The van der Waals surface area contributed by atoms with Gasteiger partial charge in [0, 0.05) is 0 Å². The minimum absolute atomic E-state index is 0.305. The Morgan fingerprint density at radius 2 is 2.00 bits per heavy atom. The second-order valence-corrected chi connectivity index (χ2v) is 3.17. The maximum atomic E-state index is 10.8. The summed E-state index contributed by atoms with van der Waals surface area (Å²) in [6.45, 7) is 6.11. The summed E-state index contributed by atoms with van der Waals surface area (Å²) in [5.74, 6) is -0.265. The Bertz CT molecular complexity index is 356. The topological polar surface area (TPSA) is 46.5 Å². The number of rotatable bonds is 3. The third kappa shape index (κ3) is 2.05. The Hall–Kier alpha value is -1.51. The number of carboxylic acids is 1. The van der Waals surface area contributed by atoms with Crippen LogP contribution in [0.1, 0.15) is 28.4 Å². The van der Waals surface area contributed by atoms with E-state index in [2.05, 4.69) is 0 Å². The van der Waals surface area contributed by atoms with Gasteiger partial charge in [-0.1, -0.05) is 6.07 Å². The van der Waals surface area contributed by atoms with E-state index in [0.717, 1.165) is 11.1 Å². The molecule has 0 atom stereocenters. The molecule has 0 radical (unpaired) electrons. The number of aryl methyl sites for hydroxylation is 2. The van der Waals surface area contributed by atoms with Gasteiger partial charge in [-0.15, -0.1) is 0 Å². The molecule has 1 N–H and O–H groups in total. The molecule has 76 valence electrons. The Balaban J connectivity index is 3.20. The van der Waals surface area contributed by atoms with Gasteiger partial charge in [0.2, 0.25) is 0 Å². The van der Waals surface area contributed by atoms with Crippen LogP contribution in [0.3, 0.4) is 0 Å². The third-order valence-electron chi connectivity index (χ3n) is 2.05. The summed E-state index contributed by atoms with van der Waals surface area (Å²) in [7, 11) is 0. The largest absolute Gasteiger partial charge is 0.494 e. The highest BCUT2D eigenvalue weighted by Gasteiger charge is 2.10. The zero-order valence-corrected chi connectivity index (χ0v) is 8.63. The van der Waals surface area contributed by atoms with Gasteiger partial charge in [-0.3, -0.25) is 0 Å². The zero-order valence-electron chi connectivity index (χ0n) is 8.63. The fraction of sp³-hybridized carbons (Fsp3) is 0.364. The van der Waals surface area contributed by atoms with E-state index in [1.54, 1.807) is 13.0 Å². The monoisotopic (exact) mass is 194 g/mol. The number of benzene rings is 1. The van der Waals surface area contributed by atoms with E-state index < -0.39 is 5.97 Å². The minimum Gasteiger partial charge on any atom is -0.494 e. The first kappa shape index (κ1) is 10.6. The van der Waals surface area contributed by atoms with E-state index in [1.807, 2.05) is 19.9 Å². The third-order valence-corrected chi connectivity index (χ3v) is 2.05. The molecular formula is C11H14O3. The number of hydrogen-bond acceptors (Lipinski definition) is 2. The lowest BCUT2D eigenvalue weighted by Gasteiger charge is -2.09. The first-order valence-corrected chi connectivity index (χ1v) is 4.53. The van der Waals surface area contributed by atoms with Crippen molar-refractivity contribution >= 4 is 5.97 Å². The molecule has 3 heteroatoms.